The van der Waals surface area contributed by atoms with Gasteiger partial charge in [0.15, 0.2) is 6.10 Å². The zero-order valence-electron chi connectivity index (χ0n) is 21.0. The molecule has 196 valence electrons. The molecule has 3 N–H and O–H groups in total. The fourth-order valence-corrected chi connectivity index (χ4v) is 5.19. The van der Waals surface area contributed by atoms with Crippen LogP contribution in [-0.2, 0) is 39.2 Å². The van der Waals surface area contributed by atoms with Crippen molar-refractivity contribution < 1.29 is 42.6 Å². The van der Waals surface area contributed by atoms with E-state index in [9.17, 15) is 24.1 Å². The highest BCUT2D eigenvalue weighted by Crippen LogP contribution is 2.53. The number of carbonyl (C=O) groups excluding carboxylic acids is 2. The number of carboxylic acids is 1. The summed E-state index contributed by atoms with van der Waals surface area (Å²) in [5.74, 6) is -1.71. The zero-order chi connectivity index (χ0) is 26.4. The largest absolute Gasteiger partial charge is 0.488 e. The number of benzene rings is 1. The van der Waals surface area contributed by atoms with Crippen LogP contribution in [0.4, 0.5) is 0 Å². The average Bonchev–Trinajstić information content (AvgIpc) is 2.75. The van der Waals surface area contributed by atoms with Gasteiger partial charge in [0, 0.05) is 12.0 Å². The Morgan fingerprint density at radius 3 is 2.40 bits per heavy atom. The van der Waals surface area contributed by atoms with Crippen LogP contribution in [0.1, 0.15) is 46.6 Å². The highest BCUT2D eigenvalue weighted by atomic mass is 31.2. The first-order valence-corrected chi connectivity index (χ1v) is 12.7. The predicted molar refractivity (Wildman–Crippen MR) is 127 cm³/mol. The van der Waals surface area contributed by atoms with Crippen molar-refractivity contribution >= 4 is 25.6 Å². The molecule has 1 saturated heterocycles. The SMILES string of the molecule is COC(=O)CCNC(=O)[C@@H]1OP(=O)(NC(Cc2ccc(OC(C)(C)C)cc2)C(=O)O)OCC1(C)C. The summed E-state index contributed by atoms with van der Waals surface area (Å²) in [4.78, 5) is 35.9. The van der Waals surface area contributed by atoms with Crippen LogP contribution in [-0.4, -0.2) is 61.0 Å². The fraction of sp³-hybridized carbons (Fsp3) is 0.609. The highest BCUT2D eigenvalue weighted by molar-refractivity contribution is 7.51. The van der Waals surface area contributed by atoms with Crippen LogP contribution in [0.5, 0.6) is 5.75 Å². The van der Waals surface area contributed by atoms with Gasteiger partial charge in [0.25, 0.3) is 0 Å². The molecular formula is C23H35N2O9P. The topological polar surface area (TPSA) is 149 Å². The maximum absolute atomic E-state index is 13.3. The van der Waals surface area contributed by atoms with Crippen LogP contribution in [0.3, 0.4) is 0 Å². The molecule has 2 rings (SSSR count). The summed E-state index contributed by atoms with van der Waals surface area (Å²) >= 11 is 0. The van der Waals surface area contributed by atoms with Crippen LogP contribution < -0.4 is 15.1 Å². The molecule has 0 aliphatic carbocycles. The molecule has 0 aromatic heterocycles. The second-order valence-electron chi connectivity index (χ2n) is 9.94. The molecule has 0 saturated carbocycles. The lowest BCUT2D eigenvalue weighted by Crippen LogP contribution is -2.52. The molecule has 35 heavy (non-hydrogen) atoms. The smallest absolute Gasteiger partial charge is 0.407 e. The first-order valence-electron chi connectivity index (χ1n) is 11.2. The quantitative estimate of drug-likeness (QED) is 0.314. The van der Waals surface area contributed by atoms with Gasteiger partial charge in [-0.3, -0.25) is 23.4 Å². The Morgan fingerprint density at radius 1 is 1.23 bits per heavy atom. The van der Waals surface area contributed by atoms with E-state index in [1.54, 1.807) is 38.1 Å². The summed E-state index contributed by atoms with van der Waals surface area (Å²) in [6, 6.07) is 5.59. The molecule has 0 bridgehead atoms. The summed E-state index contributed by atoms with van der Waals surface area (Å²) in [6.07, 6.45) is -1.25. The van der Waals surface area contributed by atoms with Gasteiger partial charge < -0.3 is 19.9 Å². The average molecular weight is 515 g/mol. The number of ether oxygens (including phenoxy) is 2. The van der Waals surface area contributed by atoms with Gasteiger partial charge in [-0.1, -0.05) is 26.0 Å². The van der Waals surface area contributed by atoms with Gasteiger partial charge in [-0.05, 0) is 44.9 Å². The first kappa shape index (κ1) is 28.8. The maximum Gasteiger partial charge on any atom is 0.407 e. The summed E-state index contributed by atoms with van der Waals surface area (Å²) in [5, 5.41) is 14.7. The second kappa shape index (κ2) is 11.5. The Kier molecular flexibility index (Phi) is 9.47. The second-order valence-corrected chi connectivity index (χ2v) is 11.7. The van der Waals surface area contributed by atoms with Crippen molar-refractivity contribution in [1.82, 2.24) is 10.4 Å². The van der Waals surface area contributed by atoms with E-state index in [1.807, 2.05) is 20.8 Å². The molecule has 2 unspecified atom stereocenters. The van der Waals surface area contributed by atoms with E-state index in [0.29, 0.717) is 11.3 Å². The van der Waals surface area contributed by atoms with Gasteiger partial charge in [0.1, 0.15) is 17.4 Å². The number of hydrogen-bond donors (Lipinski definition) is 3. The Labute approximate surface area is 205 Å². The lowest BCUT2D eigenvalue weighted by atomic mass is 9.87. The van der Waals surface area contributed by atoms with E-state index in [0.717, 1.165) is 0 Å². The van der Waals surface area contributed by atoms with Crippen molar-refractivity contribution in [3.63, 3.8) is 0 Å². The first-order chi connectivity index (χ1) is 16.1. The number of nitrogens with one attached hydrogen (secondary N) is 2. The normalized spacial score (nSPS) is 22.6. The molecule has 1 aromatic carbocycles. The lowest BCUT2D eigenvalue weighted by Gasteiger charge is -2.40. The molecule has 12 heteroatoms. The molecule has 1 aliphatic heterocycles. The van der Waals surface area contributed by atoms with Crippen molar-refractivity contribution in [1.29, 1.82) is 0 Å². The third-order valence-corrected chi connectivity index (χ3v) is 6.64. The summed E-state index contributed by atoms with van der Waals surface area (Å²) in [7, 11) is -2.91. The van der Waals surface area contributed by atoms with Gasteiger partial charge in [0.05, 0.1) is 20.1 Å². The molecule has 1 fully saturated rings. The number of aliphatic carboxylic acids is 1. The van der Waals surface area contributed by atoms with Gasteiger partial charge in [-0.2, -0.15) is 0 Å². The van der Waals surface area contributed by atoms with Gasteiger partial charge >= 0.3 is 19.7 Å². The monoisotopic (exact) mass is 514 g/mol. The van der Waals surface area contributed by atoms with Crippen molar-refractivity contribution in [2.75, 3.05) is 20.3 Å². The minimum absolute atomic E-state index is 0.00666. The number of esters is 1. The fourth-order valence-electron chi connectivity index (χ4n) is 3.25. The molecule has 1 amide bonds. The lowest BCUT2D eigenvalue weighted by molar-refractivity contribution is -0.141. The molecule has 1 aromatic rings. The number of carboxylic acid groups (broad SMARTS) is 1. The van der Waals surface area contributed by atoms with Gasteiger partial charge in [-0.25, -0.2) is 9.65 Å². The van der Waals surface area contributed by atoms with E-state index in [1.165, 1.54) is 7.11 Å². The van der Waals surface area contributed by atoms with Crippen LogP contribution >= 0.6 is 7.75 Å². The molecular weight excluding hydrogens is 479 g/mol. The van der Waals surface area contributed by atoms with E-state index >= 15 is 0 Å². The zero-order valence-corrected chi connectivity index (χ0v) is 21.8. The van der Waals surface area contributed by atoms with Crippen molar-refractivity contribution in [3.8, 4) is 5.75 Å². The summed E-state index contributed by atoms with van der Waals surface area (Å²) in [5.41, 5.74) is -0.572. The van der Waals surface area contributed by atoms with Crippen LogP contribution in [0.25, 0.3) is 0 Å². The number of hydrogen-bond acceptors (Lipinski definition) is 8. The van der Waals surface area contributed by atoms with Crippen molar-refractivity contribution in [3.05, 3.63) is 29.8 Å². The van der Waals surface area contributed by atoms with E-state index < -0.39 is 43.2 Å². The predicted octanol–water partition coefficient (Wildman–Crippen LogP) is 2.68. The summed E-state index contributed by atoms with van der Waals surface area (Å²) < 4.78 is 34.5. The van der Waals surface area contributed by atoms with Gasteiger partial charge in [-0.15, -0.1) is 0 Å². The molecule has 3 atom stereocenters. The Morgan fingerprint density at radius 2 is 1.86 bits per heavy atom. The number of methoxy groups -OCH3 is 1. The Hall–Kier alpha value is -2.46. The molecule has 11 nitrogen and oxygen atoms in total. The van der Waals surface area contributed by atoms with Crippen LogP contribution in [0.15, 0.2) is 24.3 Å². The molecule has 1 aliphatic rings. The van der Waals surface area contributed by atoms with Crippen LogP contribution in [0, 0.1) is 5.41 Å². The van der Waals surface area contributed by atoms with Crippen molar-refractivity contribution in [2.24, 2.45) is 5.41 Å². The number of rotatable bonds is 10. The Bertz CT molecular complexity index is 957. The van der Waals surface area contributed by atoms with Gasteiger partial charge in [0.2, 0.25) is 5.91 Å². The molecule has 0 radical (unpaired) electrons. The highest BCUT2D eigenvalue weighted by Gasteiger charge is 2.49. The van der Waals surface area contributed by atoms with Crippen molar-refractivity contribution in [2.45, 2.75) is 65.2 Å². The third-order valence-electron chi connectivity index (χ3n) is 5.05. The molecule has 0 spiro atoms. The minimum Gasteiger partial charge on any atom is -0.488 e. The standard InChI is InChI=1S/C23H35N2O9P/c1-22(2,3)33-16-9-7-15(8-10-16)13-17(21(28)29)25-35(30)32-14-23(4,5)19(34-35)20(27)24-12-11-18(26)31-6/h7-10,17,19H,11-14H2,1-6H3,(H,24,27)(H,25,30)(H,28,29)/t17?,19-,35?/m0/s1. The van der Waals surface area contributed by atoms with Crippen LogP contribution in [0.2, 0.25) is 0 Å². The van der Waals surface area contributed by atoms with E-state index in [2.05, 4.69) is 15.1 Å². The molecule has 1 heterocycles. The number of amides is 1. The third kappa shape index (κ3) is 8.92. The van der Waals surface area contributed by atoms with E-state index in [-0.39, 0.29) is 31.6 Å². The number of carbonyl (C=O) groups is 3. The van der Waals surface area contributed by atoms with E-state index in [4.69, 9.17) is 13.8 Å². The minimum atomic E-state index is -4.15. The maximum atomic E-state index is 13.3. The summed E-state index contributed by atoms with van der Waals surface area (Å²) in [6.45, 7) is 9.03. The Balaban J connectivity index is 2.08.